The summed E-state index contributed by atoms with van der Waals surface area (Å²) in [6, 6.07) is 8.58. The third-order valence-corrected chi connectivity index (χ3v) is 3.70. The SMILES string of the molecule is CC1=C(C)C(=O)N(Cc2ccc(C(C)C)cc2)C1. The van der Waals surface area contributed by atoms with Crippen LogP contribution in [0.1, 0.15) is 44.7 Å². The van der Waals surface area contributed by atoms with Crippen molar-refractivity contribution in [3.05, 3.63) is 46.5 Å². The van der Waals surface area contributed by atoms with Crippen molar-refractivity contribution in [2.75, 3.05) is 6.54 Å². The highest BCUT2D eigenvalue weighted by molar-refractivity contribution is 5.96. The topological polar surface area (TPSA) is 20.3 Å². The van der Waals surface area contributed by atoms with E-state index in [1.54, 1.807) is 0 Å². The van der Waals surface area contributed by atoms with Crippen LogP contribution in [0.3, 0.4) is 0 Å². The van der Waals surface area contributed by atoms with E-state index in [2.05, 4.69) is 38.1 Å². The summed E-state index contributed by atoms with van der Waals surface area (Å²) in [6.07, 6.45) is 0. The fourth-order valence-electron chi connectivity index (χ4n) is 2.25. The zero-order chi connectivity index (χ0) is 13.3. The van der Waals surface area contributed by atoms with Gasteiger partial charge in [0.15, 0.2) is 0 Å². The molecule has 0 aliphatic carbocycles. The lowest BCUT2D eigenvalue weighted by molar-refractivity contribution is -0.125. The highest BCUT2D eigenvalue weighted by Gasteiger charge is 2.24. The second kappa shape index (κ2) is 4.97. The van der Waals surface area contributed by atoms with E-state index in [0.717, 1.165) is 12.1 Å². The minimum absolute atomic E-state index is 0.181. The Balaban J connectivity index is 2.05. The Hall–Kier alpha value is -1.57. The quantitative estimate of drug-likeness (QED) is 0.795. The van der Waals surface area contributed by atoms with Gasteiger partial charge in [-0.25, -0.2) is 0 Å². The van der Waals surface area contributed by atoms with Crippen molar-refractivity contribution in [3.63, 3.8) is 0 Å². The van der Waals surface area contributed by atoms with Crippen molar-refractivity contribution >= 4 is 5.91 Å². The molecular weight excluding hydrogens is 222 g/mol. The molecule has 0 aromatic heterocycles. The summed E-state index contributed by atoms with van der Waals surface area (Å²) in [5, 5.41) is 0. The number of rotatable bonds is 3. The molecule has 0 bridgehead atoms. The smallest absolute Gasteiger partial charge is 0.250 e. The van der Waals surface area contributed by atoms with Crippen LogP contribution in [0.25, 0.3) is 0 Å². The lowest BCUT2D eigenvalue weighted by atomic mass is 10.0. The minimum atomic E-state index is 0.181. The van der Waals surface area contributed by atoms with Crippen LogP contribution >= 0.6 is 0 Å². The molecule has 2 rings (SSSR count). The normalized spacial score (nSPS) is 16.1. The van der Waals surface area contributed by atoms with Crippen LogP contribution in [-0.4, -0.2) is 17.4 Å². The molecule has 1 heterocycles. The van der Waals surface area contributed by atoms with Crippen molar-refractivity contribution in [1.29, 1.82) is 0 Å². The Morgan fingerprint density at radius 2 is 1.78 bits per heavy atom. The highest BCUT2D eigenvalue weighted by atomic mass is 16.2. The van der Waals surface area contributed by atoms with Crippen LogP contribution in [0.15, 0.2) is 35.4 Å². The van der Waals surface area contributed by atoms with Gasteiger partial charge < -0.3 is 4.90 Å². The van der Waals surface area contributed by atoms with Gasteiger partial charge in [0.25, 0.3) is 0 Å². The third-order valence-electron chi connectivity index (χ3n) is 3.70. The molecule has 1 aromatic rings. The molecule has 18 heavy (non-hydrogen) atoms. The monoisotopic (exact) mass is 243 g/mol. The molecular formula is C16H21NO. The molecule has 2 heteroatoms. The van der Waals surface area contributed by atoms with Crippen LogP contribution in [0, 0.1) is 0 Å². The van der Waals surface area contributed by atoms with Crippen molar-refractivity contribution in [3.8, 4) is 0 Å². The van der Waals surface area contributed by atoms with E-state index in [9.17, 15) is 4.79 Å². The number of benzene rings is 1. The van der Waals surface area contributed by atoms with Crippen LogP contribution in [0.5, 0.6) is 0 Å². The van der Waals surface area contributed by atoms with Gasteiger partial charge in [-0.2, -0.15) is 0 Å². The lowest BCUT2D eigenvalue weighted by Gasteiger charge is -2.17. The van der Waals surface area contributed by atoms with Gasteiger partial charge in [-0.15, -0.1) is 0 Å². The van der Waals surface area contributed by atoms with Crippen molar-refractivity contribution < 1.29 is 4.79 Å². The molecule has 96 valence electrons. The fourth-order valence-corrected chi connectivity index (χ4v) is 2.25. The molecule has 1 aliphatic rings. The van der Waals surface area contributed by atoms with E-state index < -0.39 is 0 Å². The van der Waals surface area contributed by atoms with Gasteiger partial charge in [-0.05, 0) is 36.5 Å². The predicted molar refractivity (Wildman–Crippen MR) is 74.3 cm³/mol. The van der Waals surface area contributed by atoms with E-state index in [0.29, 0.717) is 12.5 Å². The maximum atomic E-state index is 12.0. The average molecular weight is 243 g/mol. The molecule has 1 amide bonds. The molecule has 0 atom stereocenters. The molecule has 0 saturated heterocycles. The third kappa shape index (κ3) is 2.47. The molecule has 1 aliphatic heterocycles. The van der Waals surface area contributed by atoms with Gasteiger partial charge in [-0.3, -0.25) is 4.79 Å². The van der Waals surface area contributed by atoms with Crippen LogP contribution in [0.4, 0.5) is 0 Å². The van der Waals surface area contributed by atoms with E-state index in [1.807, 2.05) is 18.7 Å². The van der Waals surface area contributed by atoms with E-state index in [4.69, 9.17) is 0 Å². The van der Waals surface area contributed by atoms with Gasteiger partial charge >= 0.3 is 0 Å². The second-order valence-corrected chi connectivity index (χ2v) is 5.46. The Bertz CT molecular complexity index is 482. The molecule has 2 nitrogen and oxygen atoms in total. The summed E-state index contributed by atoms with van der Waals surface area (Å²) >= 11 is 0. The maximum Gasteiger partial charge on any atom is 0.250 e. The standard InChI is InChI=1S/C16H21NO/c1-11(2)15-7-5-14(6-8-15)10-17-9-12(3)13(4)16(17)18/h5-8,11H,9-10H2,1-4H3. The molecule has 0 fully saturated rings. The minimum Gasteiger partial charge on any atom is -0.331 e. The second-order valence-electron chi connectivity index (χ2n) is 5.46. The van der Waals surface area contributed by atoms with Crippen LogP contribution in [0.2, 0.25) is 0 Å². The van der Waals surface area contributed by atoms with E-state index in [1.165, 1.54) is 16.7 Å². The molecule has 0 spiro atoms. The van der Waals surface area contributed by atoms with Crippen molar-refractivity contribution in [2.45, 2.75) is 40.2 Å². The Kier molecular flexibility index (Phi) is 3.55. The molecule has 0 N–H and O–H groups in total. The molecule has 1 aromatic carbocycles. The van der Waals surface area contributed by atoms with Gasteiger partial charge in [-0.1, -0.05) is 38.1 Å². The van der Waals surface area contributed by atoms with Gasteiger partial charge in [0.2, 0.25) is 5.91 Å². The van der Waals surface area contributed by atoms with Crippen LogP contribution in [-0.2, 0) is 11.3 Å². The van der Waals surface area contributed by atoms with Crippen molar-refractivity contribution in [1.82, 2.24) is 4.90 Å². The summed E-state index contributed by atoms with van der Waals surface area (Å²) in [6.45, 7) is 9.82. The number of nitrogens with zero attached hydrogens (tertiary/aromatic N) is 1. The van der Waals surface area contributed by atoms with Crippen molar-refractivity contribution in [2.24, 2.45) is 0 Å². The average Bonchev–Trinajstić information content (AvgIpc) is 2.58. The number of amides is 1. The number of hydrogen-bond donors (Lipinski definition) is 0. The first-order valence-corrected chi connectivity index (χ1v) is 6.53. The Labute approximate surface area is 109 Å². The first-order chi connectivity index (χ1) is 8.49. The number of carbonyl (C=O) groups is 1. The largest absolute Gasteiger partial charge is 0.331 e. The maximum absolute atomic E-state index is 12.0. The number of hydrogen-bond acceptors (Lipinski definition) is 1. The zero-order valence-corrected chi connectivity index (χ0v) is 11.7. The van der Waals surface area contributed by atoms with E-state index in [-0.39, 0.29) is 5.91 Å². The summed E-state index contributed by atoms with van der Waals surface area (Å²) in [4.78, 5) is 13.9. The van der Waals surface area contributed by atoms with Gasteiger partial charge in [0.05, 0.1) is 0 Å². The zero-order valence-electron chi connectivity index (χ0n) is 11.7. The highest BCUT2D eigenvalue weighted by Crippen LogP contribution is 2.21. The van der Waals surface area contributed by atoms with Gasteiger partial charge in [0, 0.05) is 18.7 Å². The summed E-state index contributed by atoms with van der Waals surface area (Å²) in [7, 11) is 0. The molecule has 0 unspecified atom stereocenters. The first kappa shape index (κ1) is 12.9. The molecule has 0 radical (unpaired) electrons. The van der Waals surface area contributed by atoms with Crippen LogP contribution < -0.4 is 0 Å². The summed E-state index contributed by atoms with van der Waals surface area (Å²) < 4.78 is 0. The van der Waals surface area contributed by atoms with Gasteiger partial charge in [0.1, 0.15) is 0 Å². The summed E-state index contributed by atoms with van der Waals surface area (Å²) in [5.41, 5.74) is 4.65. The number of carbonyl (C=O) groups excluding carboxylic acids is 1. The fraction of sp³-hybridized carbons (Fsp3) is 0.438. The van der Waals surface area contributed by atoms with E-state index >= 15 is 0 Å². The Morgan fingerprint density at radius 1 is 1.17 bits per heavy atom. The lowest BCUT2D eigenvalue weighted by Crippen LogP contribution is -2.26. The Morgan fingerprint density at radius 3 is 2.22 bits per heavy atom. The molecule has 0 saturated carbocycles. The first-order valence-electron chi connectivity index (χ1n) is 6.53. The summed E-state index contributed by atoms with van der Waals surface area (Å²) in [5.74, 6) is 0.735. The predicted octanol–water partition coefficient (Wildman–Crippen LogP) is 3.49.